The number of allylic oxidation sites excluding steroid dienone is 1. The maximum Gasteiger partial charge on any atom is 0.170 e. The van der Waals surface area contributed by atoms with Crippen LogP contribution in [0, 0.1) is 13.8 Å². The monoisotopic (exact) mass is 250 g/mol. The Kier molecular flexibility index (Phi) is 3.00. The molecular formula is C13H14OS2. The van der Waals surface area contributed by atoms with Gasteiger partial charge < -0.3 is 0 Å². The zero-order valence-electron chi connectivity index (χ0n) is 9.88. The molecule has 0 saturated heterocycles. The van der Waals surface area contributed by atoms with Crippen molar-refractivity contribution in [1.29, 1.82) is 0 Å². The molecule has 0 radical (unpaired) electrons. The van der Waals surface area contributed by atoms with Gasteiger partial charge in [0.1, 0.15) is 0 Å². The Morgan fingerprint density at radius 1 is 1.25 bits per heavy atom. The number of rotatable bonds is 2. The highest BCUT2D eigenvalue weighted by molar-refractivity contribution is 7.26. The number of aryl methyl sites for hydroxylation is 2. The van der Waals surface area contributed by atoms with Crippen molar-refractivity contribution < 1.29 is 4.79 Å². The second-order valence-corrected chi connectivity index (χ2v) is 6.12. The first kappa shape index (κ1) is 11.6. The lowest BCUT2D eigenvalue weighted by atomic mass is 10.1. The Hall–Kier alpha value is -0.930. The van der Waals surface area contributed by atoms with Crippen molar-refractivity contribution in [3.8, 4) is 0 Å². The van der Waals surface area contributed by atoms with Gasteiger partial charge in [-0.2, -0.15) is 0 Å². The van der Waals surface area contributed by atoms with Crippen LogP contribution in [-0.2, 0) is 0 Å². The standard InChI is InChI=1S/C13H14OS2/c1-5-6-10-13-11(9(4)15-10)7(2)12(16-13)8(3)14/h5-6H,1-4H3/b6-5+. The molecule has 1 nitrogen and oxygen atoms in total. The Balaban J connectivity index is 2.81. The third-order valence-electron chi connectivity index (χ3n) is 2.62. The van der Waals surface area contributed by atoms with E-state index in [-0.39, 0.29) is 5.78 Å². The van der Waals surface area contributed by atoms with Gasteiger partial charge in [-0.3, -0.25) is 4.79 Å². The summed E-state index contributed by atoms with van der Waals surface area (Å²) in [5, 5.41) is 1.29. The Morgan fingerprint density at radius 2 is 1.94 bits per heavy atom. The minimum absolute atomic E-state index is 0.175. The quantitative estimate of drug-likeness (QED) is 0.699. The fourth-order valence-electron chi connectivity index (χ4n) is 1.97. The fourth-order valence-corrected chi connectivity index (χ4v) is 4.55. The van der Waals surface area contributed by atoms with E-state index < -0.39 is 0 Å². The maximum absolute atomic E-state index is 11.5. The fraction of sp³-hybridized carbons (Fsp3) is 0.308. The normalized spacial score (nSPS) is 11.8. The Bertz CT molecular complexity index is 585. The predicted octanol–water partition coefficient (Wildman–Crippen LogP) is 4.82. The molecule has 2 heterocycles. The molecule has 0 spiro atoms. The third kappa shape index (κ3) is 1.64. The van der Waals surface area contributed by atoms with Crippen molar-refractivity contribution in [2.75, 3.05) is 0 Å². The van der Waals surface area contributed by atoms with Crippen LogP contribution in [0.15, 0.2) is 6.08 Å². The lowest BCUT2D eigenvalue weighted by Gasteiger charge is -1.92. The predicted molar refractivity (Wildman–Crippen MR) is 73.9 cm³/mol. The van der Waals surface area contributed by atoms with Crippen LogP contribution in [0.25, 0.3) is 16.2 Å². The van der Waals surface area contributed by atoms with Crippen LogP contribution in [0.5, 0.6) is 0 Å². The zero-order valence-corrected chi connectivity index (χ0v) is 11.5. The van der Waals surface area contributed by atoms with Crippen LogP contribution in [0.1, 0.15) is 38.8 Å². The smallest absolute Gasteiger partial charge is 0.170 e. The number of ketones is 1. The third-order valence-corrected chi connectivity index (χ3v) is 5.25. The van der Waals surface area contributed by atoms with Gasteiger partial charge in [0.15, 0.2) is 5.78 Å². The first-order chi connectivity index (χ1) is 7.56. The van der Waals surface area contributed by atoms with Crippen molar-refractivity contribution in [1.82, 2.24) is 0 Å². The summed E-state index contributed by atoms with van der Waals surface area (Å²) < 4.78 is 1.27. The van der Waals surface area contributed by atoms with Gasteiger partial charge in [0, 0.05) is 15.1 Å². The summed E-state index contributed by atoms with van der Waals surface area (Å²) in [6.07, 6.45) is 4.17. The van der Waals surface area contributed by atoms with E-state index in [9.17, 15) is 4.79 Å². The van der Waals surface area contributed by atoms with E-state index in [0.717, 1.165) is 10.4 Å². The number of thiophene rings is 2. The van der Waals surface area contributed by atoms with E-state index in [1.54, 1.807) is 29.6 Å². The minimum Gasteiger partial charge on any atom is -0.294 e. The van der Waals surface area contributed by atoms with E-state index in [1.165, 1.54) is 19.8 Å². The molecule has 0 aliphatic rings. The highest BCUT2D eigenvalue weighted by Gasteiger charge is 2.17. The van der Waals surface area contributed by atoms with E-state index >= 15 is 0 Å². The molecule has 16 heavy (non-hydrogen) atoms. The van der Waals surface area contributed by atoms with Gasteiger partial charge >= 0.3 is 0 Å². The van der Waals surface area contributed by atoms with Gasteiger partial charge in [-0.15, -0.1) is 22.7 Å². The van der Waals surface area contributed by atoms with Crippen LogP contribution in [0.2, 0.25) is 0 Å². The average Bonchev–Trinajstić information content (AvgIpc) is 2.68. The molecule has 0 amide bonds. The molecule has 0 saturated carbocycles. The number of carbonyl (C=O) groups is 1. The summed E-state index contributed by atoms with van der Waals surface area (Å²) in [4.78, 5) is 15.0. The summed E-state index contributed by atoms with van der Waals surface area (Å²) in [5.41, 5.74) is 1.15. The molecular weight excluding hydrogens is 236 g/mol. The van der Waals surface area contributed by atoms with E-state index in [1.807, 2.05) is 13.0 Å². The zero-order chi connectivity index (χ0) is 11.9. The maximum atomic E-state index is 11.5. The van der Waals surface area contributed by atoms with Gasteiger partial charge in [0.2, 0.25) is 0 Å². The van der Waals surface area contributed by atoms with Crippen molar-refractivity contribution in [2.24, 2.45) is 0 Å². The average molecular weight is 250 g/mol. The van der Waals surface area contributed by atoms with Crippen LogP contribution in [-0.4, -0.2) is 5.78 Å². The van der Waals surface area contributed by atoms with Crippen molar-refractivity contribution >= 4 is 44.6 Å². The number of hydrogen-bond donors (Lipinski definition) is 0. The molecule has 0 bridgehead atoms. The summed E-state index contributed by atoms with van der Waals surface area (Å²) in [6.45, 7) is 7.84. The largest absolute Gasteiger partial charge is 0.294 e. The lowest BCUT2D eigenvalue weighted by molar-refractivity contribution is 0.102. The molecule has 0 N–H and O–H groups in total. The molecule has 0 aliphatic heterocycles. The molecule has 84 valence electrons. The molecule has 0 unspecified atom stereocenters. The molecule has 3 heteroatoms. The van der Waals surface area contributed by atoms with Gasteiger partial charge in [0.05, 0.1) is 9.58 Å². The summed E-state index contributed by atoms with van der Waals surface area (Å²) in [6, 6.07) is 0. The first-order valence-electron chi connectivity index (χ1n) is 5.22. The van der Waals surface area contributed by atoms with Gasteiger partial charge in [-0.1, -0.05) is 6.08 Å². The number of carbonyl (C=O) groups excluding carboxylic acids is 1. The van der Waals surface area contributed by atoms with Gasteiger partial charge in [-0.25, -0.2) is 0 Å². The molecule has 2 aromatic heterocycles. The topological polar surface area (TPSA) is 17.1 Å². The van der Waals surface area contributed by atoms with E-state index in [2.05, 4.69) is 19.9 Å². The highest BCUT2D eigenvalue weighted by atomic mass is 32.1. The highest BCUT2D eigenvalue weighted by Crippen LogP contribution is 2.41. The second kappa shape index (κ2) is 4.15. The molecule has 2 rings (SSSR count). The number of fused-ring (bicyclic) bond motifs is 1. The summed E-state index contributed by atoms with van der Waals surface area (Å²) in [5.74, 6) is 0.175. The minimum atomic E-state index is 0.175. The SMILES string of the molecule is C/C=C/c1sc(C)c2c(C)c(C(C)=O)sc12. The molecule has 0 aliphatic carbocycles. The van der Waals surface area contributed by atoms with Crippen LogP contribution in [0.4, 0.5) is 0 Å². The lowest BCUT2D eigenvalue weighted by Crippen LogP contribution is -1.89. The number of hydrogen-bond acceptors (Lipinski definition) is 3. The van der Waals surface area contributed by atoms with Gasteiger partial charge in [-0.05, 0) is 39.3 Å². The van der Waals surface area contributed by atoms with Crippen LogP contribution < -0.4 is 0 Å². The molecule has 0 aromatic carbocycles. The van der Waals surface area contributed by atoms with E-state index in [0.29, 0.717) is 0 Å². The Morgan fingerprint density at radius 3 is 2.50 bits per heavy atom. The van der Waals surface area contributed by atoms with Crippen LogP contribution >= 0.6 is 22.7 Å². The van der Waals surface area contributed by atoms with Crippen molar-refractivity contribution in [3.05, 3.63) is 26.3 Å². The molecule has 2 aromatic rings. The van der Waals surface area contributed by atoms with Crippen molar-refractivity contribution in [2.45, 2.75) is 27.7 Å². The number of Topliss-reactive ketones (excluding diaryl/α,β-unsaturated/α-hetero) is 1. The Labute approximate surface area is 103 Å². The van der Waals surface area contributed by atoms with Crippen LogP contribution in [0.3, 0.4) is 0 Å². The first-order valence-corrected chi connectivity index (χ1v) is 6.85. The summed E-state index contributed by atoms with van der Waals surface area (Å²) in [7, 11) is 0. The van der Waals surface area contributed by atoms with Crippen molar-refractivity contribution in [3.63, 3.8) is 0 Å². The second-order valence-electron chi connectivity index (χ2n) is 3.84. The summed E-state index contributed by atoms with van der Waals surface area (Å²) >= 11 is 3.43. The molecule has 0 atom stereocenters. The van der Waals surface area contributed by atoms with E-state index in [4.69, 9.17) is 0 Å². The van der Waals surface area contributed by atoms with Gasteiger partial charge in [0.25, 0.3) is 0 Å². The molecule has 0 fully saturated rings.